The molecule has 0 aliphatic rings. The third-order valence-corrected chi connectivity index (χ3v) is 3.34. The first-order chi connectivity index (χ1) is 8.99. The van der Waals surface area contributed by atoms with Gasteiger partial charge in [-0.05, 0) is 31.5 Å². The van der Waals surface area contributed by atoms with Gasteiger partial charge in [0.25, 0.3) is 0 Å². The van der Waals surface area contributed by atoms with Crippen LogP contribution in [0.5, 0.6) is 0 Å². The van der Waals surface area contributed by atoms with E-state index in [1.165, 1.54) is 0 Å². The zero-order valence-corrected chi connectivity index (χ0v) is 11.4. The highest BCUT2D eigenvalue weighted by Gasteiger charge is 2.24. The topological polar surface area (TPSA) is 63.3 Å². The first-order valence-corrected chi connectivity index (χ1v) is 6.27. The molecule has 1 unspecified atom stereocenters. The standard InChI is InChI=1S/C14H14ClNO3/c1-8-14(9(2)19-16-8)12(7-13(17)18)10-3-5-11(15)6-4-10/h3-6,12H,7H2,1-2H3,(H,17,18). The lowest BCUT2D eigenvalue weighted by Gasteiger charge is -2.15. The predicted octanol–water partition coefficient (Wildman–Crippen LogP) is 3.55. The highest BCUT2D eigenvalue weighted by atomic mass is 35.5. The summed E-state index contributed by atoms with van der Waals surface area (Å²) in [6, 6.07) is 7.18. The van der Waals surface area contributed by atoms with Crippen molar-refractivity contribution in [3.63, 3.8) is 0 Å². The molecule has 0 amide bonds. The molecule has 1 aromatic heterocycles. The molecule has 0 bridgehead atoms. The zero-order chi connectivity index (χ0) is 14.0. The van der Waals surface area contributed by atoms with Crippen molar-refractivity contribution < 1.29 is 14.4 Å². The van der Waals surface area contributed by atoms with E-state index in [1.807, 2.05) is 19.1 Å². The van der Waals surface area contributed by atoms with E-state index < -0.39 is 5.97 Å². The van der Waals surface area contributed by atoms with Crippen LogP contribution in [0.2, 0.25) is 5.02 Å². The van der Waals surface area contributed by atoms with Crippen LogP contribution < -0.4 is 0 Å². The van der Waals surface area contributed by atoms with Crippen LogP contribution in [0.4, 0.5) is 0 Å². The van der Waals surface area contributed by atoms with Crippen molar-refractivity contribution in [1.82, 2.24) is 5.16 Å². The number of halogens is 1. The first kappa shape index (κ1) is 13.6. The molecule has 5 heteroatoms. The number of hydrogen-bond donors (Lipinski definition) is 1. The number of carbonyl (C=O) groups is 1. The summed E-state index contributed by atoms with van der Waals surface area (Å²) in [5, 5.41) is 13.6. The molecule has 100 valence electrons. The highest BCUT2D eigenvalue weighted by Crippen LogP contribution is 2.33. The molecule has 2 rings (SSSR count). The maximum absolute atomic E-state index is 11.1. The minimum Gasteiger partial charge on any atom is -0.481 e. The zero-order valence-electron chi connectivity index (χ0n) is 10.7. The van der Waals surface area contributed by atoms with Crippen molar-refractivity contribution in [3.05, 3.63) is 51.9 Å². The summed E-state index contributed by atoms with van der Waals surface area (Å²) in [5.41, 5.74) is 2.45. The van der Waals surface area contributed by atoms with E-state index in [-0.39, 0.29) is 12.3 Å². The van der Waals surface area contributed by atoms with Gasteiger partial charge in [0.15, 0.2) is 0 Å². The van der Waals surface area contributed by atoms with E-state index >= 15 is 0 Å². The molecule has 19 heavy (non-hydrogen) atoms. The summed E-state index contributed by atoms with van der Waals surface area (Å²) < 4.78 is 5.13. The van der Waals surface area contributed by atoms with Gasteiger partial charge in [-0.25, -0.2) is 0 Å². The first-order valence-electron chi connectivity index (χ1n) is 5.89. The molecular formula is C14H14ClNO3. The van der Waals surface area contributed by atoms with E-state index in [9.17, 15) is 4.79 Å². The van der Waals surface area contributed by atoms with Crippen LogP contribution in [-0.4, -0.2) is 16.2 Å². The predicted molar refractivity (Wildman–Crippen MR) is 71.5 cm³/mol. The van der Waals surface area contributed by atoms with Crippen molar-refractivity contribution in [1.29, 1.82) is 0 Å². The van der Waals surface area contributed by atoms with Gasteiger partial charge in [-0.3, -0.25) is 4.79 Å². The fraction of sp³-hybridized carbons (Fsp3) is 0.286. The van der Waals surface area contributed by atoms with Gasteiger partial charge in [-0.1, -0.05) is 28.9 Å². The fourth-order valence-corrected chi connectivity index (χ4v) is 2.37. The number of carboxylic acid groups (broad SMARTS) is 1. The Morgan fingerprint density at radius 2 is 2.00 bits per heavy atom. The maximum Gasteiger partial charge on any atom is 0.304 e. The van der Waals surface area contributed by atoms with Gasteiger partial charge in [0, 0.05) is 16.5 Å². The molecular weight excluding hydrogens is 266 g/mol. The SMILES string of the molecule is Cc1noc(C)c1C(CC(=O)O)c1ccc(Cl)cc1. The van der Waals surface area contributed by atoms with E-state index in [1.54, 1.807) is 19.1 Å². The molecule has 1 aromatic carbocycles. The number of rotatable bonds is 4. The molecule has 0 saturated carbocycles. The van der Waals surface area contributed by atoms with Crippen molar-refractivity contribution in [2.45, 2.75) is 26.2 Å². The largest absolute Gasteiger partial charge is 0.481 e. The van der Waals surface area contributed by atoms with Crippen molar-refractivity contribution >= 4 is 17.6 Å². The molecule has 0 aliphatic heterocycles. The van der Waals surface area contributed by atoms with Crippen LogP contribution in [0.25, 0.3) is 0 Å². The van der Waals surface area contributed by atoms with Crippen LogP contribution in [0.1, 0.15) is 34.9 Å². The van der Waals surface area contributed by atoms with E-state index in [0.717, 1.165) is 16.8 Å². The molecule has 4 nitrogen and oxygen atoms in total. The molecule has 0 saturated heterocycles. The monoisotopic (exact) mass is 279 g/mol. The summed E-state index contributed by atoms with van der Waals surface area (Å²) in [6.07, 6.45) is -0.00940. The van der Waals surface area contributed by atoms with Crippen LogP contribution in [0, 0.1) is 13.8 Å². The molecule has 1 atom stereocenters. The minimum atomic E-state index is -0.861. The number of nitrogens with zero attached hydrogens (tertiary/aromatic N) is 1. The summed E-state index contributed by atoms with van der Waals surface area (Å²) in [7, 11) is 0. The summed E-state index contributed by atoms with van der Waals surface area (Å²) in [5.74, 6) is -0.486. The molecule has 0 radical (unpaired) electrons. The molecule has 1 heterocycles. The van der Waals surface area contributed by atoms with E-state index in [0.29, 0.717) is 10.8 Å². The average Bonchev–Trinajstić information content (AvgIpc) is 2.67. The van der Waals surface area contributed by atoms with Crippen LogP contribution >= 0.6 is 11.6 Å². The number of carboxylic acids is 1. The maximum atomic E-state index is 11.1. The smallest absolute Gasteiger partial charge is 0.304 e. The molecule has 2 aromatic rings. The normalized spacial score (nSPS) is 12.4. The summed E-state index contributed by atoms with van der Waals surface area (Å²) in [4.78, 5) is 11.1. The Labute approximate surface area is 116 Å². The van der Waals surface area contributed by atoms with Crippen LogP contribution in [0.15, 0.2) is 28.8 Å². The van der Waals surface area contributed by atoms with Crippen molar-refractivity contribution in [3.8, 4) is 0 Å². The second-order valence-corrected chi connectivity index (χ2v) is 4.88. The second kappa shape index (κ2) is 5.45. The molecule has 0 fully saturated rings. The van der Waals surface area contributed by atoms with Crippen LogP contribution in [-0.2, 0) is 4.79 Å². The summed E-state index contributed by atoms with van der Waals surface area (Å²) in [6.45, 7) is 3.61. The van der Waals surface area contributed by atoms with Gasteiger partial charge in [0.2, 0.25) is 0 Å². The van der Waals surface area contributed by atoms with Crippen LogP contribution in [0.3, 0.4) is 0 Å². The van der Waals surface area contributed by atoms with Gasteiger partial charge >= 0.3 is 5.97 Å². The Bertz CT molecular complexity index is 570. The highest BCUT2D eigenvalue weighted by molar-refractivity contribution is 6.30. The van der Waals surface area contributed by atoms with Gasteiger partial charge < -0.3 is 9.63 Å². The Hall–Kier alpha value is -1.81. The number of aryl methyl sites for hydroxylation is 2. The Balaban J connectivity index is 2.47. The minimum absolute atomic E-state index is 0.00940. The third-order valence-electron chi connectivity index (χ3n) is 3.09. The lowest BCUT2D eigenvalue weighted by molar-refractivity contribution is -0.137. The molecule has 0 aliphatic carbocycles. The Kier molecular flexibility index (Phi) is 3.90. The van der Waals surface area contributed by atoms with Gasteiger partial charge in [0.1, 0.15) is 5.76 Å². The number of benzene rings is 1. The Morgan fingerprint density at radius 3 is 2.47 bits per heavy atom. The van der Waals surface area contributed by atoms with Gasteiger partial charge in [-0.2, -0.15) is 0 Å². The van der Waals surface area contributed by atoms with Gasteiger partial charge in [-0.15, -0.1) is 0 Å². The third kappa shape index (κ3) is 2.96. The van der Waals surface area contributed by atoms with Crippen molar-refractivity contribution in [2.24, 2.45) is 0 Å². The van der Waals surface area contributed by atoms with Crippen molar-refractivity contribution in [2.75, 3.05) is 0 Å². The average molecular weight is 280 g/mol. The second-order valence-electron chi connectivity index (χ2n) is 4.44. The summed E-state index contributed by atoms with van der Waals surface area (Å²) >= 11 is 5.86. The molecule has 0 spiro atoms. The quantitative estimate of drug-likeness (QED) is 0.929. The lowest BCUT2D eigenvalue weighted by Crippen LogP contribution is -2.09. The number of aliphatic carboxylic acids is 1. The fourth-order valence-electron chi connectivity index (χ4n) is 2.24. The van der Waals surface area contributed by atoms with Gasteiger partial charge in [0.05, 0.1) is 12.1 Å². The number of hydrogen-bond acceptors (Lipinski definition) is 3. The number of aromatic nitrogens is 1. The lowest BCUT2D eigenvalue weighted by atomic mass is 9.87. The molecule has 1 N–H and O–H groups in total. The van der Waals surface area contributed by atoms with E-state index in [2.05, 4.69) is 5.16 Å². The Morgan fingerprint density at radius 1 is 1.37 bits per heavy atom. The van der Waals surface area contributed by atoms with E-state index in [4.69, 9.17) is 21.2 Å².